The average Bonchev–Trinajstić information content (AvgIpc) is 2.67. The summed E-state index contributed by atoms with van der Waals surface area (Å²) in [5, 5.41) is 16.7. The second-order valence-corrected chi connectivity index (χ2v) is 8.20. The molecular formula is C22H29ClN2O2. The van der Waals surface area contributed by atoms with Gasteiger partial charge in [-0.05, 0) is 57.0 Å². The molecule has 2 rings (SSSR count). The van der Waals surface area contributed by atoms with Crippen LogP contribution in [0.15, 0.2) is 54.6 Å². The molecule has 3 N–H and O–H groups in total. The van der Waals surface area contributed by atoms with E-state index in [9.17, 15) is 9.90 Å². The van der Waals surface area contributed by atoms with Crippen LogP contribution in [0.2, 0.25) is 5.02 Å². The van der Waals surface area contributed by atoms with Gasteiger partial charge in [-0.1, -0.05) is 48.9 Å². The number of aliphatic hydroxyl groups excluding tert-OH is 1. The van der Waals surface area contributed by atoms with Crippen molar-refractivity contribution in [1.29, 1.82) is 0 Å². The van der Waals surface area contributed by atoms with Gasteiger partial charge in [0, 0.05) is 10.7 Å². The van der Waals surface area contributed by atoms with E-state index in [2.05, 4.69) is 10.6 Å². The number of nitrogens with one attached hydrogen (secondary N) is 2. The summed E-state index contributed by atoms with van der Waals surface area (Å²) >= 11 is 6.07. The minimum atomic E-state index is -0.740. The van der Waals surface area contributed by atoms with Crippen LogP contribution in [0.5, 0.6) is 0 Å². The molecule has 0 saturated heterocycles. The second kappa shape index (κ2) is 8.77. The van der Waals surface area contributed by atoms with E-state index in [4.69, 9.17) is 11.6 Å². The van der Waals surface area contributed by atoms with Crippen molar-refractivity contribution >= 4 is 23.2 Å². The molecule has 27 heavy (non-hydrogen) atoms. The molecule has 0 saturated carbocycles. The first-order valence-electron chi connectivity index (χ1n) is 9.22. The maximum absolute atomic E-state index is 13.3. The fourth-order valence-electron chi connectivity index (χ4n) is 2.95. The number of hydrogen-bond acceptors (Lipinski definition) is 3. The Hall–Kier alpha value is -2.04. The largest absolute Gasteiger partial charge is 0.394 e. The number of hydrogen-bond donors (Lipinski definition) is 3. The quantitative estimate of drug-likeness (QED) is 0.608. The first-order valence-corrected chi connectivity index (χ1v) is 9.60. The third kappa shape index (κ3) is 5.24. The fourth-order valence-corrected chi connectivity index (χ4v) is 3.08. The maximum Gasteiger partial charge on any atom is 0.228 e. The average molecular weight is 389 g/mol. The highest BCUT2D eigenvalue weighted by molar-refractivity contribution is 6.30. The third-order valence-corrected chi connectivity index (χ3v) is 5.28. The summed E-state index contributed by atoms with van der Waals surface area (Å²) in [4.78, 5) is 13.3. The van der Waals surface area contributed by atoms with Crippen molar-refractivity contribution in [1.82, 2.24) is 5.32 Å². The number of amides is 1. The smallest absolute Gasteiger partial charge is 0.228 e. The maximum atomic E-state index is 13.3. The van der Waals surface area contributed by atoms with Gasteiger partial charge in [-0.25, -0.2) is 0 Å². The molecule has 146 valence electrons. The second-order valence-electron chi connectivity index (χ2n) is 7.76. The number of anilines is 1. The number of rotatable bonds is 8. The highest BCUT2D eigenvalue weighted by Crippen LogP contribution is 2.40. The highest BCUT2D eigenvalue weighted by atomic mass is 35.5. The molecule has 0 aliphatic heterocycles. The summed E-state index contributed by atoms with van der Waals surface area (Å²) in [7, 11) is 0. The van der Waals surface area contributed by atoms with Crippen LogP contribution in [0.4, 0.5) is 5.69 Å². The number of carbonyl (C=O) groups is 1. The van der Waals surface area contributed by atoms with Crippen molar-refractivity contribution in [2.75, 3.05) is 11.9 Å². The number of benzene rings is 2. The fraction of sp³-hybridized carbons (Fsp3) is 0.409. The summed E-state index contributed by atoms with van der Waals surface area (Å²) in [5.41, 5.74) is 0.483. The SMILES string of the molecule is CCC(C)(C(=O)NC(C)(C)CO)C(Nc1ccccc1)c1ccc(Cl)cc1. The first-order chi connectivity index (χ1) is 12.7. The van der Waals surface area contributed by atoms with Gasteiger partial charge in [0.05, 0.1) is 23.6 Å². The number of carbonyl (C=O) groups excluding carboxylic acids is 1. The van der Waals surface area contributed by atoms with Gasteiger partial charge in [-0.3, -0.25) is 4.79 Å². The number of halogens is 1. The molecule has 5 heteroatoms. The van der Waals surface area contributed by atoms with E-state index < -0.39 is 11.0 Å². The molecule has 0 spiro atoms. The van der Waals surface area contributed by atoms with Gasteiger partial charge in [0.25, 0.3) is 0 Å². The Balaban J connectivity index is 2.44. The monoisotopic (exact) mass is 388 g/mol. The molecule has 0 heterocycles. The van der Waals surface area contributed by atoms with E-state index in [0.29, 0.717) is 11.4 Å². The summed E-state index contributed by atoms with van der Waals surface area (Å²) in [6.07, 6.45) is 0.619. The zero-order chi connectivity index (χ0) is 20.1. The van der Waals surface area contributed by atoms with Gasteiger partial charge in [-0.2, -0.15) is 0 Å². The summed E-state index contributed by atoms with van der Waals surface area (Å²) < 4.78 is 0. The summed E-state index contributed by atoms with van der Waals surface area (Å²) in [5.74, 6) is -0.104. The van der Waals surface area contributed by atoms with Crippen LogP contribution in [0.25, 0.3) is 0 Å². The Bertz CT molecular complexity index is 747. The minimum Gasteiger partial charge on any atom is -0.394 e. The molecule has 0 aromatic heterocycles. The lowest BCUT2D eigenvalue weighted by Crippen LogP contribution is -2.54. The van der Waals surface area contributed by atoms with E-state index >= 15 is 0 Å². The van der Waals surface area contributed by atoms with Crippen molar-refractivity contribution < 1.29 is 9.90 Å². The van der Waals surface area contributed by atoms with E-state index in [-0.39, 0.29) is 18.6 Å². The number of aliphatic hydroxyl groups is 1. The Kier molecular flexibility index (Phi) is 6.90. The Morgan fingerprint density at radius 2 is 1.67 bits per heavy atom. The van der Waals surface area contributed by atoms with Gasteiger partial charge in [0.1, 0.15) is 0 Å². The first kappa shape index (κ1) is 21.3. The molecular weight excluding hydrogens is 360 g/mol. The topological polar surface area (TPSA) is 61.4 Å². The molecule has 1 amide bonds. The van der Waals surface area contributed by atoms with Gasteiger partial charge >= 0.3 is 0 Å². The van der Waals surface area contributed by atoms with Crippen LogP contribution in [0, 0.1) is 5.41 Å². The van der Waals surface area contributed by atoms with Gasteiger partial charge in [0.2, 0.25) is 5.91 Å². The molecule has 0 aliphatic rings. The predicted octanol–water partition coefficient (Wildman–Crippen LogP) is 4.80. The van der Waals surface area contributed by atoms with E-state index in [1.807, 2.05) is 82.3 Å². The molecule has 0 fully saturated rings. The molecule has 0 aliphatic carbocycles. The number of para-hydroxylation sites is 1. The normalized spacial score (nSPS) is 14.9. The zero-order valence-corrected chi connectivity index (χ0v) is 17.2. The van der Waals surface area contributed by atoms with Crippen molar-refractivity contribution in [3.63, 3.8) is 0 Å². The molecule has 2 aromatic rings. The molecule has 2 aromatic carbocycles. The van der Waals surface area contributed by atoms with Crippen LogP contribution >= 0.6 is 11.6 Å². The minimum absolute atomic E-state index is 0.104. The van der Waals surface area contributed by atoms with Crippen LogP contribution in [-0.2, 0) is 4.79 Å². The standard InChI is InChI=1S/C22H29ClN2O2/c1-5-22(4,20(27)25-21(2,3)15-26)19(16-11-13-17(23)14-12-16)24-18-9-7-6-8-10-18/h6-14,19,24,26H,5,15H2,1-4H3,(H,25,27). The zero-order valence-electron chi connectivity index (χ0n) is 16.4. The predicted molar refractivity (Wildman–Crippen MR) is 112 cm³/mol. The van der Waals surface area contributed by atoms with Crippen molar-refractivity contribution in [2.45, 2.75) is 45.7 Å². The summed E-state index contributed by atoms with van der Waals surface area (Å²) in [6.45, 7) is 7.44. The Morgan fingerprint density at radius 1 is 1.07 bits per heavy atom. The van der Waals surface area contributed by atoms with E-state index in [1.165, 1.54) is 0 Å². The lowest BCUT2D eigenvalue weighted by Gasteiger charge is -2.39. The van der Waals surface area contributed by atoms with Crippen LogP contribution in [0.1, 0.15) is 45.7 Å². The van der Waals surface area contributed by atoms with Gasteiger partial charge in [0.15, 0.2) is 0 Å². The lowest BCUT2D eigenvalue weighted by molar-refractivity contribution is -0.133. The van der Waals surface area contributed by atoms with E-state index in [0.717, 1.165) is 11.3 Å². The van der Waals surface area contributed by atoms with Crippen molar-refractivity contribution in [2.24, 2.45) is 5.41 Å². The van der Waals surface area contributed by atoms with Gasteiger partial charge < -0.3 is 15.7 Å². The van der Waals surface area contributed by atoms with E-state index in [1.54, 1.807) is 0 Å². The molecule has 2 atom stereocenters. The molecule has 2 unspecified atom stereocenters. The molecule has 0 bridgehead atoms. The van der Waals surface area contributed by atoms with Crippen LogP contribution in [0.3, 0.4) is 0 Å². The summed E-state index contributed by atoms with van der Waals surface area (Å²) in [6, 6.07) is 17.1. The van der Waals surface area contributed by atoms with Crippen LogP contribution in [-0.4, -0.2) is 23.2 Å². The van der Waals surface area contributed by atoms with Crippen LogP contribution < -0.4 is 10.6 Å². The Morgan fingerprint density at radius 3 is 2.19 bits per heavy atom. The molecule has 0 radical (unpaired) electrons. The highest BCUT2D eigenvalue weighted by Gasteiger charge is 2.42. The lowest BCUT2D eigenvalue weighted by atomic mass is 9.75. The molecule has 4 nitrogen and oxygen atoms in total. The van der Waals surface area contributed by atoms with Crippen molar-refractivity contribution in [3.05, 3.63) is 65.2 Å². The van der Waals surface area contributed by atoms with Gasteiger partial charge in [-0.15, -0.1) is 0 Å². The Labute approximate surface area is 166 Å². The third-order valence-electron chi connectivity index (χ3n) is 5.03. The van der Waals surface area contributed by atoms with Crippen molar-refractivity contribution in [3.8, 4) is 0 Å².